The SMILES string of the molecule is COc1cc2c3cc1Oc1ccc(O)c(c1)C(=O)NCCCOc1cccc(c1)C2N(C(=O)c1[nH]c2c(C)ccc(C)c2c1C)CC3. The minimum atomic E-state index is -0.427. The number of carbonyl (C=O) groups is 2. The lowest BCUT2D eigenvalue weighted by Crippen LogP contribution is -2.41. The Bertz CT molecular complexity index is 2050. The second-order valence-corrected chi connectivity index (χ2v) is 12.2. The Labute approximate surface area is 273 Å². The number of fused-ring (bicyclic) bond motifs is 7. The lowest BCUT2D eigenvalue weighted by molar-refractivity contribution is 0.0688. The Hall–Kier alpha value is -5.44. The predicted octanol–water partition coefficient (Wildman–Crippen LogP) is 6.90. The topological polar surface area (TPSA) is 113 Å². The third-order valence-electron chi connectivity index (χ3n) is 9.24. The zero-order valence-electron chi connectivity index (χ0n) is 26.9. The van der Waals surface area contributed by atoms with Crippen LogP contribution in [-0.2, 0) is 6.42 Å². The van der Waals surface area contributed by atoms with Gasteiger partial charge in [0.1, 0.15) is 22.9 Å². The van der Waals surface area contributed by atoms with Crippen molar-refractivity contribution in [2.45, 2.75) is 39.7 Å². The number of aromatic nitrogens is 1. The van der Waals surface area contributed by atoms with E-state index in [9.17, 15) is 14.7 Å². The highest BCUT2D eigenvalue weighted by atomic mass is 16.5. The van der Waals surface area contributed by atoms with Crippen molar-refractivity contribution in [3.8, 4) is 28.7 Å². The zero-order chi connectivity index (χ0) is 32.8. The van der Waals surface area contributed by atoms with E-state index in [2.05, 4.69) is 36.3 Å². The van der Waals surface area contributed by atoms with E-state index in [0.717, 1.165) is 44.3 Å². The number of methoxy groups -OCH3 is 1. The number of benzene rings is 4. The molecule has 0 aliphatic carbocycles. The summed E-state index contributed by atoms with van der Waals surface area (Å²) in [6, 6.07) is 20.0. The maximum atomic E-state index is 14.6. The molecule has 3 N–H and O–H groups in total. The number of aromatic amines is 1. The largest absolute Gasteiger partial charge is 0.507 e. The summed E-state index contributed by atoms with van der Waals surface area (Å²) in [5, 5.41) is 14.4. The Balaban J connectivity index is 1.37. The molecule has 8 rings (SSSR count). The van der Waals surface area contributed by atoms with Gasteiger partial charge in [0.05, 0.1) is 25.3 Å². The molecule has 3 aliphatic rings. The average molecular weight is 632 g/mol. The minimum absolute atomic E-state index is 0.0757. The molecule has 1 aromatic heterocycles. The summed E-state index contributed by atoms with van der Waals surface area (Å²) < 4.78 is 18.2. The van der Waals surface area contributed by atoms with Crippen LogP contribution in [0.2, 0.25) is 0 Å². The van der Waals surface area contributed by atoms with Gasteiger partial charge in [-0.05, 0) is 109 Å². The maximum absolute atomic E-state index is 14.6. The fourth-order valence-corrected chi connectivity index (χ4v) is 6.82. The number of phenolic OH excluding ortho intramolecular Hbond substituents is 1. The molecule has 3 aliphatic heterocycles. The number of ether oxygens (including phenoxy) is 3. The highest BCUT2D eigenvalue weighted by molar-refractivity contribution is 6.03. The summed E-state index contributed by atoms with van der Waals surface area (Å²) in [5.41, 5.74) is 7.70. The van der Waals surface area contributed by atoms with E-state index in [-0.39, 0.29) is 17.2 Å². The fraction of sp³-hybridized carbons (Fsp3) is 0.263. The number of nitrogens with zero attached hydrogens (tertiary/aromatic N) is 1. The number of amides is 2. The smallest absolute Gasteiger partial charge is 0.271 e. The molecule has 8 bridgehead atoms. The lowest BCUT2D eigenvalue weighted by Gasteiger charge is -2.38. The molecular formula is C38H37N3O6. The first-order chi connectivity index (χ1) is 22.7. The first kappa shape index (κ1) is 30.2. The molecule has 0 saturated heterocycles. The van der Waals surface area contributed by atoms with Crippen molar-refractivity contribution in [2.75, 3.05) is 26.8 Å². The van der Waals surface area contributed by atoms with E-state index in [0.29, 0.717) is 61.2 Å². The Morgan fingerprint density at radius 1 is 1.00 bits per heavy atom. The van der Waals surface area contributed by atoms with Crippen LogP contribution < -0.4 is 19.5 Å². The number of aryl methyl sites for hydroxylation is 3. The van der Waals surface area contributed by atoms with Crippen molar-refractivity contribution < 1.29 is 28.9 Å². The van der Waals surface area contributed by atoms with E-state index >= 15 is 0 Å². The van der Waals surface area contributed by atoms with E-state index < -0.39 is 11.9 Å². The van der Waals surface area contributed by atoms with Crippen LogP contribution in [-0.4, -0.2) is 53.6 Å². The first-order valence-corrected chi connectivity index (χ1v) is 15.9. The fourth-order valence-electron chi connectivity index (χ4n) is 6.82. The molecule has 0 radical (unpaired) electrons. The van der Waals surface area contributed by atoms with Crippen molar-refractivity contribution in [1.29, 1.82) is 0 Å². The third-order valence-corrected chi connectivity index (χ3v) is 9.24. The summed E-state index contributed by atoms with van der Waals surface area (Å²) in [6.07, 6.45) is 1.15. The van der Waals surface area contributed by atoms with Crippen LogP contribution in [0.5, 0.6) is 28.7 Å². The molecule has 0 spiro atoms. The molecule has 9 heteroatoms. The molecule has 9 nitrogen and oxygen atoms in total. The van der Waals surface area contributed by atoms with Crippen LogP contribution in [0.1, 0.15) is 66.7 Å². The van der Waals surface area contributed by atoms with Gasteiger partial charge < -0.3 is 34.5 Å². The summed E-state index contributed by atoms with van der Waals surface area (Å²) >= 11 is 0. The van der Waals surface area contributed by atoms with Crippen LogP contribution >= 0.6 is 0 Å². The molecule has 0 saturated carbocycles. The number of nitrogens with one attached hydrogen (secondary N) is 2. The van der Waals surface area contributed by atoms with Crippen molar-refractivity contribution >= 4 is 22.7 Å². The summed E-state index contributed by atoms with van der Waals surface area (Å²) in [7, 11) is 1.57. The second kappa shape index (κ2) is 12.1. The summed E-state index contributed by atoms with van der Waals surface area (Å²) in [6.45, 7) is 7.34. The van der Waals surface area contributed by atoms with E-state index in [1.165, 1.54) is 12.1 Å². The van der Waals surface area contributed by atoms with Gasteiger partial charge >= 0.3 is 0 Å². The number of hydrogen-bond acceptors (Lipinski definition) is 6. The van der Waals surface area contributed by atoms with E-state index in [4.69, 9.17) is 14.2 Å². The van der Waals surface area contributed by atoms with Crippen LogP contribution in [0.15, 0.2) is 66.7 Å². The highest BCUT2D eigenvalue weighted by Crippen LogP contribution is 2.44. The lowest BCUT2D eigenvalue weighted by atomic mass is 9.87. The van der Waals surface area contributed by atoms with Gasteiger partial charge in [-0.2, -0.15) is 0 Å². The van der Waals surface area contributed by atoms with E-state index in [1.807, 2.05) is 48.2 Å². The standard InChI is InChI=1S/C38H37N3O6/c1-21-9-10-22(2)34-33(21)23(3)35(40-34)38(44)41-15-13-24-18-32-31(45-4)20-28(24)36(41)25-7-5-8-26(17-25)46-16-6-14-39-37(43)29-19-27(47-32)11-12-30(29)42/h5,7-12,17-20,36,40,42H,6,13-16H2,1-4H3,(H,39,43). The van der Waals surface area contributed by atoms with Crippen LogP contribution in [0.4, 0.5) is 0 Å². The van der Waals surface area contributed by atoms with Crippen molar-refractivity contribution in [1.82, 2.24) is 15.2 Å². The van der Waals surface area contributed by atoms with Gasteiger partial charge in [-0.25, -0.2) is 0 Å². The van der Waals surface area contributed by atoms with Crippen LogP contribution in [0.25, 0.3) is 10.9 Å². The summed E-state index contributed by atoms with van der Waals surface area (Å²) in [5.74, 6) is 1.37. The van der Waals surface area contributed by atoms with Gasteiger partial charge in [-0.3, -0.25) is 9.59 Å². The average Bonchev–Trinajstić information content (AvgIpc) is 3.43. The van der Waals surface area contributed by atoms with Gasteiger partial charge in [0.25, 0.3) is 11.8 Å². The van der Waals surface area contributed by atoms with Crippen molar-refractivity contribution in [3.05, 3.63) is 111 Å². The van der Waals surface area contributed by atoms with Crippen LogP contribution in [0, 0.1) is 20.8 Å². The number of H-pyrrole nitrogens is 1. The number of aromatic hydroxyl groups is 1. The zero-order valence-corrected chi connectivity index (χ0v) is 26.9. The molecule has 4 aromatic carbocycles. The second-order valence-electron chi connectivity index (χ2n) is 12.2. The predicted molar refractivity (Wildman–Crippen MR) is 179 cm³/mol. The monoisotopic (exact) mass is 631 g/mol. The van der Waals surface area contributed by atoms with Crippen LogP contribution in [0.3, 0.4) is 0 Å². The number of rotatable bonds is 2. The molecular weight excluding hydrogens is 594 g/mol. The normalized spacial score (nSPS) is 16.1. The van der Waals surface area contributed by atoms with E-state index in [1.54, 1.807) is 13.2 Å². The van der Waals surface area contributed by atoms with Gasteiger partial charge in [0, 0.05) is 24.0 Å². The highest BCUT2D eigenvalue weighted by Gasteiger charge is 2.36. The minimum Gasteiger partial charge on any atom is -0.507 e. The molecule has 1 atom stereocenters. The van der Waals surface area contributed by atoms with Gasteiger partial charge in [0.15, 0.2) is 11.5 Å². The molecule has 4 heterocycles. The Kier molecular flexibility index (Phi) is 7.75. The maximum Gasteiger partial charge on any atom is 0.271 e. The number of hydrogen-bond donors (Lipinski definition) is 3. The molecule has 5 aromatic rings. The van der Waals surface area contributed by atoms with Crippen molar-refractivity contribution in [2.24, 2.45) is 0 Å². The third kappa shape index (κ3) is 5.41. The summed E-state index contributed by atoms with van der Waals surface area (Å²) in [4.78, 5) is 32.9. The van der Waals surface area contributed by atoms with Crippen molar-refractivity contribution in [3.63, 3.8) is 0 Å². The molecule has 47 heavy (non-hydrogen) atoms. The Morgan fingerprint density at radius 3 is 2.64 bits per heavy atom. The molecule has 1 unspecified atom stereocenters. The molecule has 2 amide bonds. The first-order valence-electron chi connectivity index (χ1n) is 15.9. The number of carbonyl (C=O) groups excluding carboxylic acids is 2. The van der Waals surface area contributed by atoms with Gasteiger partial charge in [0.2, 0.25) is 0 Å². The molecule has 0 fully saturated rings. The van der Waals surface area contributed by atoms with Gasteiger partial charge in [-0.15, -0.1) is 0 Å². The quantitative estimate of drug-likeness (QED) is 0.195. The van der Waals surface area contributed by atoms with Gasteiger partial charge in [-0.1, -0.05) is 24.3 Å². The molecule has 240 valence electrons. The Morgan fingerprint density at radius 2 is 1.83 bits per heavy atom. The number of phenols is 1.